The van der Waals surface area contributed by atoms with E-state index >= 15 is 0 Å². The van der Waals surface area contributed by atoms with Gasteiger partial charge in [-0.25, -0.2) is 4.79 Å². The van der Waals surface area contributed by atoms with Gasteiger partial charge in [0, 0.05) is 24.7 Å². The number of para-hydroxylation sites is 1. The molecule has 24 heavy (non-hydrogen) atoms. The van der Waals surface area contributed by atoms with Crippen LogP contribution < -0.4 is 15.4 Å². The van der Waals surface area contributed by atoms with Crippen LogP contribution >= 0.6 is 0 Å². The summed E-state index contributed by atoms with van der Waals surface area (Å²) in [7, 11) is 1.60. The van der Waals surface area contributed by atoms with E-state index in [1.54, 1.807) is 14.0 Å². The number of carbonyl (C=O) groups excluding carboxylic acids is 2. The fraction of sp³-hybridized carbons (Fsp3) is 0.556. The summed E-state index contributed by atoms with van der Waals surface area (Å²) in [6.07, 6.45) is 3.22. The van der Waals surface area contributed by atoms with E-state index in [2.05, 4.69) is 17.6 Å². The zero-order chi connectivity index (χ0) is 17.5. The van der Waals surface area contributed by atoms with Crippen molar-refractivity contribution in [1.82, 2.24) is 15.5 Å². The number of carbonyl (C=O) groups is 2. The molecule has 6 nitrogen and oxygen atoms in total. The van der Waals surface area contributed by atoms with Crippen molar-refractivity contribution in [2.45, 2.75) is 51.7 Å². The number of urea groups is 1. The average molecular weight is 333 g/mol. The van der Waals surface area contributed by atoms with E-state index in [1.165, 1.54) is 0 Å². The summed E-state index contributed by atoms with van der Waals surface area (Å²) in [5.41, 5.74) is 0.888. The van der Waals surface area contributed by atoms with Crippen molar-refractivity contribution in [1.29, 1.82) is 0 Å². The first-order valence-electron chi connectivity index (χ1n) is 8.49. The molecule has 1 aromatic carbocycles. The molecule has 2 atom stereocenters. The number of nitrogens with zero attached hydrogens (tertiary/aromatic N) is 1. The van der Waals surface area contributed by atoms with Gasteiger partial charge in [0.05, 0.1) is 7.11 Å². The Kier molecular flexibility index (Phi) is 6.46. The molecule has 1 heterocycles. The lowest BCUT2D eigenvalue weighted by molar-refractivity contribution is -0.136. The van der Waals surface area contributed by atoms with Crippen molar-refractivity contribution in [3.63, 3.8) is 0 Å². The number of ether oxygens (including phenoxy) is 1. The minimum atomic E-state index is -0.539. The first kappa shape index (κ1) is 18.1. The molecular formula is C18H27N3O3. The first-order chi connectivity index (χ1) is 11.5. The van der Waals surface area contributed by atoms with Crippen LogP contribution in [0.3, 0.4) is 0 Å². The summed E-state index contributed by atoms with van der Waals surface area (Å²) >= 11 is 0. The molecule has 0 radical (unpaired) electrons. The van der Waals surface area contributed by atoms with Crippen LogP contribution in [0.1, 0.15) is 38.7 Å². The van der Waals surface area contributed by atoms with E-state index in [0.717, 1.165) is 37.1 Å². The van der Waals surface area contributed by atoms with E-state index in [-0.39, 0.29) is 18.0 Å². The summed E-state index contributed by atoms with van der Waals surface area (Å²) < 4.78 is 5.26. The maximum absolute atomic E-state index is 12.5. The number of rotatable bonds is 5. The third-order valence-electron chi connectivity index (χ3n) is 4.44. The molecule has 0 saturated carbocycles. The van der Waals surface area contributed by atoms with Gasteiger partial charge in [-0.1, -0.05) is 18.2 Å². The predicted molar refractivity (Wildman–Crippen MR) is 92.9 cm³/mol. The number of piperidine rings is 1. The van der Waals surface area contributed by atoms with Gasteiger partial charge in [-0.05, 0) is 39.2 Å². The Morgan fingerprint density at radius 2 is 2.08 bits per heavy atom. The van der Waals surface area contributed by atoms with Crippen LogP contribution in [0, 0.1) is 0 Å². The Balaban J connectivity index is 1.84. The molecular weight excluding hydrogens is 306 g/mol. The molecule has 2 unspecified atom stereocenters. The fourth-order valence-corrected chi connectivity index (χ4v) is 3.01. The highest BCUT2D eigenvalue weighted by atomic mass is 16.5. The Morgan fingerprint density at radius 1 is 1.33 bits per heavy atom. The second-order valence-electron chi connectivity index (χ2n) is 6.24. The van der Waals surface area contributed by atoms with Gasteiger partial charge >= 0.3 is 6.03 Å². The van der Waals surface area contributed by atoms with E-state index < -0.39 is 6.04 Å². The van der Waals surface area contributed by atoms with E-state index in [0.29, 0.717) is 6.54 Å². The van der Waals surface area contributed by atoms with Gasteiger partial charge < -0.3 is 20.3 Å². The molecule has 1 saturated heterocycles. The third kappa shape index (κ3) is 4.63. The molecule has 0 aromatic heterocycles. The standard InChI is InChI=1S/C18H27N3O3/c1-13-8-6-7-11-21(13)17(22)14(2)20-18(23)19-12-15-9-4-5-10-16(15)24-3/h4-5,9-10,13-14H,6-8,11-12H2,1-3H3,(H2,19,20,23). The number of nitrogens with one attached hydrogen (secondary N) is 2. The number of amides is 3. The van der Waals surface area contributed by atoms with E-state index in [9.17, 15) is 9.59 Å². The Hall–Kier alpha value is -2.24. The van der Waals surface area contributed by atoms with Crippen molar-refractivity contribution in [3.05, 3.63) is 29.8 Å². The lowest BCUT2D eigenvalue weighted by Crippen LogP contribution is -2.53. The molecule has 1 aromatic rings. The van der Waals surface area contributed by atoms with Gasteiger partial charge in [-0.15, -0.1) is 0 Å². The highest BCUT2D eigenvalue weighted by Gasteiger charge is 2.27. The third-order valence-corrected chi connectivity index (χ3v) is 4.44. The fourth-order valence-electron chi connectivity index (χ4n) is 3.01. The number of hydrogen-bond donors (Lipinski definition) is 2. The molecule has 0 bridgehead atoms. The molecule has 132 valence electrons. The monoisotopic (exact) mass is 333 g/mol. The molecule has 3 amide bonds. The highest BCUT2D eigenvalue weighted by molar-refractivity contribution is 5.87. The van der Waals surface area contributed by atoms with Crippen LogP contribution in [0.4, 0.5) is 4.79 Å². The lowest BCUT2D eigenvalue weighted by Gasteiger charge is -2.35. The molecule has 1 aliphatic rings. The lowest BCUT2D eigenvalue weighted by atomic mass is 10.0. The van der Waals surface area contributed by atoms with Crippen molar-refractivity contribution in [3.8, 4) is 5.75 Å². The number of hydrogen-bond acceptors (Lipinski definition) is 3. The van der Waals surface area contributed by atoms with Gasteiger partial charge in [0.1, 0.15) is 11.8 Å². The zero-order valence-electron chi connectivity index (χ0n) is 14.7. The van der Waals surface area contributed by atoms with Crippen LogP contribution in [0.15, 0.2) is 24.3 Å². The Morgan fingerprint density at radius 3 is 2.79 bits per heavy atom. The maximum Gasteiger partial charge on any atom is 0.315 e. The molecule has 0 spiro atoms. The normalized spacial score (nSPS) is 18.6. The van der Waals surface area contributed by atoms with Gasteiger partial charge in [-0.3, -0.25) is 4.79 Å². The number of benzene rings is 1. The van der Waals surface area contributed by atoms with Crippen LogP contribution in [-0.2, 0) is 11.3 Å². The number of likely N-dealkylation sites (tertiary alicyclic amines) is 1. The Bertz CT molecular complexity index is 576. The summed E-state index contributed by atoms with van der Waals surface area (Å²) in [5, 5.41) is 5.50. The maximum atomic E-state index is 12.5. The van der Waals surface area contributed by atoms with Crippen molar-refractivity contribution in [2.24, 2.45) is 0 Å². The molecule has 1 fully saturated rings. The van der Waals surface area contributed by atoms with Crippen LogP contribution in [0.2, 0.25) is 0 Å². The first-order valence-corrected chi connectivity index (χ1v) is 8.49. The quantitative estimate of drug-likeness (QED) is 0.868. The minimum Gasteiger partial charge on any atom is -0.496 e. The summed E-state index contributed by atoms with van der Waals surface area (Å²) in [5.74, 6) is 0.707. The predicted octanol–water partition coefficient (Wildman–Crippen LogP) is 2.28. The van der Waals surface area contributed by atoms with Gasteiger partial charge in [0.25, 0.3) is 0 Å². The van der Waals surface area contributed by atoms with Crippen molar-refractivity contribution >= 4 is 11.9 Å². The van der Waals surface area contributed by atoms with Gasteiger partial charge in [0.2, 0.25) is 5.91 Å². The van der Waals surface area contributed by atoms with Gasteiger partial charge in [-0.2, -0.15) is 0 Å². The van der Waals surface area contributed by atoms with Crippen molar-refractivity contribution < 1.29 is 14.3 Å². The second-order valence-corrected chi connectivity index (χ2v) is 6.24. The van der Waals surface area contributed by atoms with Gasteiger partial charge in [0.15, 0.2) is 0 Å². The minimum absolute atomic E-state index is 0.0189. The largest absolute Gasteiger partial charge is 0.496 e. The summed E-state index contributed by atoms with van der Waals surface area (Å²) in [6, 6.07) is 6.86. The molecule has 6 heteroatoms. The highest BCUT2D eigenvalue weighted by Crippen LogP contribution is 2.18. The molecule has 2 N–H and O–H groups in total. The zero-order valence-corrected chi connectivity index (χ0v) is 14.7. The molecule has 2 rings (SSSR count). The molecule has 1 aliphatic heterocycles. The average Bonchev–Trinajstić information content (AvgIpc) is 2.60. The van der Waals surface area contributed by atoms with Crippen LogP contribution in [0.5, 0.6) is 5.75 Å². The van der Waals surface area contributed by atoms with Crippen LogP contribution in [0.25, 0.3) is 0 Å². The Labute approximate surface area is 143 Å². The van der Waals surface area contributed by atoms with E-state index in [1.807, 2.05) is 29.2 Å². The van der Waals surface area contributed by atoms with Crippen LogP contribution in [-0.4, -0.2) is 42.6 Å². The summed E-state index contributed by atoms with van der Waals surface area (Å²) in [4.78, 5) is 26.4. The van der Waals surface area contributed by atoms with E-state index in [4.69, 9.17) is 4.74 Å². The number of methoxy groups -OCH3 is 1. The SMILES string of the molecule is COc1ccccc1CNC(=O)NC(C)C(=O)N1CCCCC1C. The second kappa shape index (κ2) is 8.57. The smallest absolute Gasteiger partial charge is 0.315 e. The topological polar surface area (TPSA) is 70.7 Å². The van der Waals surface area contributed by atoms with Crippen molar-refractivity contribution in [2.75, 3.05) is 13.7 Å². The summed E-state index contributed by atoms with van der Waals surface area (Å²) in [6.45, 7) is 4.91. The molecule has 0 aliphatic carbocycles.